The molecule has 0 spiro atoms. The first-order valence-corrected chi connectivity index (χ1v) is 21.1. The number of aromatic nitrogens is 1. The van der Waals surface area contributed by atoms with Gasteiger partial charge < -0.3 is 24.5 Å². The fourth-order valence-corrected chi connectivity index (χ4v) is 7.18. The third kappa shape index (κ3) is 10.5. The number of sulfone groups is 1. The Hall–Kier alpha value is -2.98. The topological polar surface area (TPSA) is 75.6 Å². The molecule has 47 heavy (non-hydrogen) atoms. The second-order valence-corrected chi connectivity index (χ2v) is 20.8. The molecule has 0 atom stereocenters. The van der Waals surface area contributed by atoms with Crippen LogP contribution in [0.1, 0.15) is 52.1 Å². The first kappa shape index (κ1) is 36.8. The molecule has 7 nitrogen and oxygen atoms in total. The number of anilines is 2. The molecule has 0 aliphatic carbocycles. The van der Waals surface area contributed by atoms with Gasteiger partial charge in [-0.2, -0.15) is 13.2 Å². The van der Waals surface area contributed by atoms with Crippen molar-refractivity contribution in [2.75, 3.05) is 49.7 Å². The molecule has 0 bridgehead atoms. The first-order chi connectivity index (χ1) is 21.9. The van der Waals surface area contributed by atoms with Crippen molar-refractivity contribution in [1.29, 1.82) is 0 Å². The van der Waals surface area contributed by atoms with Crippen LogP contribution in [-0.2, 0) is 20.8 Å². The van der Waals surface area contributed by atoms with E-state index in [1.165, 1.54) is 16.7 Å². The maximum atomic E-state index is 13.6. The number of nitrogens with one attached hydrogen (secondary N) is 2. The second-order valence-electron chi connectivity index (χ2n) is 14.0. The number of hydrogen-bond donors (Lipinski definition) is 2. The quantitative estimate of drug-likeness (QED) is 0.115. The lowest BCUT2D eigenvalue weighted by Crippen LogP contribution is -2.41. The minimum atomic E-state index is -4.41. The number of rotatable bonds is 12. The summed E-state index contributed by atoms with van der Waals surface area (Å²) in [6.45, 7) is 14.2. The number of benzene rings is 2. The van der Waals surface area contributed by atoms with Crippen molar-refractivity contribution < 1.29 is 26.0 Å². The Labute approximate surface area is 279 Å². The fourth-order valence-electron chi connectivity index (χ4n) is 5.47. The third-order valence-electron chi connectivity index (χ3n) is 9.25. The van der Waals surface area contributed by atoms with Crippen LogP contribution >= 0.6 is 0 Å². The summed E-state index contributed by atoms with van der Waals surface area (Å²) in [5, 5.41) is 7.63. The summed E-state index contributed by atoms with van der Waals surface area (Å²) in [5.74, 6) is 5.85. The van der Waals surface area contributed by atoms with E-state index >= 15 is 0 Å². The van der Waals surface area contributed by atoms with Crippen LogP contribution < -0.4 is 10.6 Å². The van der Waals surface area contributed by atoms with Gasteiger partial charge in [0.15, 0.2) is 18.2 Å². The molecule has 2 aromatic carbocycles. The van der Waals surface area contributed by atoms with Gasteiger partial charge in [0.05, 0.1) is 22.7 Å². The average molecular weight is 691 g/mol. The molecule has 1 fully saturated rings. The third-order valence-corrected chi connectivity index (χ3v) is 14.9. The van der Waals surface area contributed by atoms with Crippen molar-refractivity contribution in [3.63, 3.8) is 0 Å². The zero-order chi connectivity index (χ0) is 34.5. The predicted molar refractivity (Wildman–Crippen MR) is 188 cm³/mol. The molecule has 1 saturated heterocycles. The molecule has 1 aromatic heterocycles. The molecule has 0 radical (unpaired) electrons. The van der Waals surface area contributed by atoms with Gasteiger partial charge in [-0.25, -0.2) is 8.42 Å². The summed E-state index contributed by atoms with van der Waals surface area (Å²) in [6.07, 6.45) is 0.817. The van der Waals surface area contributed by atoms with Crippen LogP contribution in [0.4, 0.5) is 24.5 Å². The van der Waals surface area contributed by atoms with Gasteiger partial charge in [-0.15, -0.1) is 0 Å². The summed E-state index contributed by atoms with van der Waals surface area (Å²) in [7, 11) is -5.01. The van der Waals surface area contributed by atoms with Gasteiger partial charge in [-0.3, -0.25) is 0 Å². The molecule has 2 heterocycles. The van der Waals surface area contributed by atoms with E-state index in [4.69, 9.17) is 4.43 Å². The number of piperidine rings is 1. The molecule has 0 saturated carbocycles. The molecule has 4 rings (SSSR count). The van der Waals surface area contributed by atoms with Crippen molar-refractivity contribution in [2.45, 2.75) is 88.2 Å². The summed E-state index contributed by atoms with van der Waals surface area (Å²) in [6, 6.07) is 13.6. The first-order valence-electron chi connectivity index (χ1n) is 16.3. The van der Waals surface area contributed by atoms with Crippen LogP contribution in [0.25, 0.3) is 10.9 Å². The summed E-state index contributed by atoms with van der Waals surface area (Å²) in [5.41, 5.74) is 2.25. The molecule has 3 aromatic rings. The maximum absolute atomic E-state index is 13.6. The number of halogens is 3. The van der Waals surface area contributed by atoms with Crippen LogP contribution in [0.3, 0.4) is 0 Å². The van der Waals surface area contributed by atoms with Crippen LogP contribution in [0.5, 0.6) is 0 Å². The Morgan fingerprint density at radius 1 is 1.02 bits per heavy atom. The molecule has 1 aliphatic rings. The number of alkyl halides is 3. The zero-order valence-corrected chi connectivity index (χ0v) is 30.2. The zero-order valence-electron chi connectivity index (χ0n) is 28.4. The number of hydrogen-bond acceptors (Lipinski definition) is 6. The van der Waals surface area contributed by atoms with Gasteiger partial charge in [0.25, 0.3) is 0 Å². The Bertz CT molecular complexity index is 1660. The van der Waals surface area contributed by atoms with Crippen LogP contribution in [-0.4, -0.2) is 77.5 Å². The van der Waals surface area contributed by atoms with Gasteiger partial charge in [0.2, 0.25) is 0 Å². The van der Waals surface area contributed by atoms with Crippen LogP contribution in [0.2, 0.25) is 18.1 Å². The SMILES string of the molecule is CC(C)(C)[Si](C)(C)OCCCCN1CCC(Nc2cccc3c2cc(C#CCNc2ccc(S(C)(=O)=O)cc2)n3CC(F)(F)F)CC1. The molecule has 12 heteroatoms. The largest absolute Gasteiger partial charge is 0.417 e. The van der Waals surface area contributed by atoms with Crippen LogP contribution in [0, 0.1) is 11.8 Å². The van der Waals surface area contributed by atoms with Gasteiger partial charge >= 0.3 is 6.18 Å². The van der Waals surface area contributed by atoms with Gasteiger partial charge in [0.1, 0.15) is 6.54 Å². The van der Waals surface area contributed by atoms with Crippen molar-refractivity contribution in [2.24, 2.45) is 0 Å². The van der Waals surface area contributed by atoms with E-state index in [0.717, 1.165) is 69.3 Å². The number of unbranched alkanes of at least 4 members (excludes halogenated alkanes) is 1. The predicted octanol–water partition coefficient (Wildman–Crippen LogP) is 7.75. The molecule has 2 N–H and O–H groups in total. The highest BCUT2D eigenvalue weighted by molar-refractivity contribution is 7.90. The smallest absolute Gasteiger partial charge is 0.406 e. The van der Waals surface area contributed by atoms with Gasteiger partial charge in [0, 0.05) is 48.8 Å². The van der Waals surface area contributed by atoms with Crippen molar-refractivity contribution in [1.82, 2.24) is 9.47 Å². The lowest BCUT2D eigenvalue weighted by molar-refractivity contribution is -0.140. The molecular formula is C35H49F3N4O3SSi. The lowest BCUT2D eigenvalue weighted by Gasteiger charge is -2.36. The van der Waals surface area contributed by atoms with Crippen LogP contribution in [0.15, 0.2) is 53.4 Å². The molecular weight excluding hydrogens is 642 g/mol. The number of fused-ring (bicyclic) bond motifs is 1. The van der Waals surface area contributed by atoms with Gasteiger partial charge in [-0.05, 0) is 98.7 Å². The van der Waals surface area contributed by atoms with E-state index in [1.54, 1.807) is 30.3 Å². The Morgan fingerprint density at radius 3 is 2.32 bits per heavy atom. The van der Waals surface area contributed by atoms with Crippen molar-refractivity contribution in [3.05, 3.63) is 54.2 Å². The summed E-state index contributed by atoms with van der Waals surface area (Å²) < 4.78 is 71.8. The highest BCUT2D eigenvalue weighted by Crippen LogP contribution is 2.36. The lowest BCUT2D eigenvalue weighted by atomic mass is 10.0. The minimum Gasteiger partial charge on any atom is -0.417 e. The standard InChI is InChI=1S/C35H49F3N4O3SSi/c1-34(2,3)47(5,6)45-24-8-7-21-41-22-18-28(19-23-41)40-32-12-9-13-33-31(32)25-29(42(33)26-35(36,37)38)11-10-20-39-27-14-16-30(17-15-27)46(4,43)44/h9,12-17,25,28,39-40H,7-8,18-24,26H2,1-6H3. The van der Waals surface area contributed by atoms with Crippen molar-refractivity contribution >= 4 is 40.4 Å². The Morgan fingerprint density at radius 2 is 1.70 bits per heavy atom. The summed E-state index contributed by atoms with van der Waals surface area (Å²) in [4.78, 5) is 2.70. The number of nitrogens with zero attached hydrogens (tertiary/aromatic N) is 2. The highest BCUT2D eigenvalue weighted by Gasteiger charge is 2.36. The molecule has 258 valence electrons. The maximum Gasteiger partial charge on any atom is 0.406 e. The Balaban J connectivity index is 1.36. The average Bonchev–Trinajstić information content (AvgIpc) is 3.31. The van der Waals surface area contributed by atoms with E-state index in [-0.39, 0.29) is 28.2 Å². The fraction of sp³-hybridized carbons (Fsp3) is 0.543. The molecule has 0 unspecified atom stereocenters. The van der Waals surface area contributed by atoms with Gasteiger partial charge in [-0.1, -0.05) is 32.8 Å². The monoisotopic (exact) mass is 690 g/mol. The van der Waals surface area contributed by atoms with E-state index in [1.807, 2.05) is 6.07 Å². The molecule has 0 amide bonds. The summed E-state index contributed by atoms with van der Waals surface area (Å²) >= 11 is 0. The van der Waals surface area contributed by atoms with E-state index in [2.05, 4.69) is 61.2 Å². The van der Waals surface area contributed by atoms with E-state index < -0.39 is 30.9 Å². The minimum absolute atomic E-state index is 0.180. The normalized spacial score (nSPS) is 15.4. The highest BCUT2D eigenvalue weighted by atomic mass is 32.2. The van der Waals surface area contributed by atoms with Crippen molar-refractivity contribution in [3.8, 4) is 11.8 Å². The molecule has 1 aliphatic heterocycles. The van der Waals surface area contributed by atoms with E-state index in [0.29, 0.717) is 11.2 Å². The Kier molecular flexibility index (Phi) is 11.8. The van der Waals surface area contributed by atoms with E-state index in [9.17, 15) is 21.6 Å². The second kappa shape index (κ2) is 15.1. The number of likely N-dealkylation sites (tertiary alicyclic amines) is 1.